The smallest absolute Gasteiger partial charge is 0.227 e. The van der Waals surface area contributed by atoms with Crippen LogP contribution in [0.1, 0.15) is 37.8 Å². The van der Waals surface area contributed by atoms with Crippen molar-refractivity contribution in [2.45, 2.75) is 32.2 Å². The van der Waals surface area contributed by atoms with Gasteiger partial charge >= 0.3 is 0 Å². The molecule has 1 fully saturated rings. The van der Waals surface area contributed by atoms with Crippen molar-refractivity contribution in [3.05, 3.63) is 72.3 Å². The van der Waals surface area contributed by atoms with Crippen LogP contribution in [-0.4, -0.2) is 23.1 Å². The minimum absolute atomic E-state index is 0.133. The second-order valence-corrected chi connectivity index (χ2v) is 7.87. The fraction of sp³-hybridized carbons (Fsp3) is 0.280. The van der Waals surface area contributed by atoms with E-state index in [1.165, 1.54) is 35.6 Å². The molecule has 1 atom stereocenters. The van der Waals surface area contributed by atoms with E-state index in [1.54, 1.807) is 0 Å². The monoisotopic (exact) mass is 382 g/mol. The molecule has 0 radical (unpaired) electrons. The average Bonchev–Trinajstić information content (AvgIpc) is 2.79. The number of anilines is 2. The maximum atomic E-state index is 4.97. The highest BCUT2D eigenvalue weighted by Gasteiger charge is 2.18. The number of fused-ring (bicyclic) bond motifs is 2. The highest BCUT2D eigenvalue weighted by Crippen LogP contribution is 2.30. The first-order valence-corrected chi connectivity index (χ1v) is 10.6. The largest absolute Gasteiger partial charge is 0.363 e. The zero-order chi connectivity index (χ0) is 19.6. The van der Waals surface area contributed by atoms with Crippen LogP contribution >= 0.6 is 0 Å². The number of hydrogen-bond acceptors (Lipinski definition) is 4. The van der Waals surface area contributed by atoms with E-state index >= 15 is 0 Å². The molecule has 0 bridgehead atoms. The Morgan fingerprint density at radius 3 is 2.38 bits per heavy atom. The molecule has 1 aliphatic rings. The molecule has 4 nitrogen and oxygen atoms in total. The molecule has 1 aliphatic heterocycles. The Bertz CT molecular complexity index is 1140. The van der Waals surface area contributed by atoms with E-state index in [0.717, 1.165) is 35.8 Å². The third-order valence-corrected chi connectivity index (χ3v) is 5.87. The number of nitrogens with one attached hydrogen (secondary N) is 1. The van der Waals surface area contributed by atoms with E-state index in [-0.39, 0.29) is 6.04 Å². The van der Waals surface area contributed by atoms with Crippen LogP contribution in [0, 0.1) is 0 Å². The lowest BCUT2D eigenvalue weighted by Gasteiger charge is -2.27. The molecule has 4 aromatic rings. The number of para-hydroxylation sites is 1. The van der Waals surface area contributed by atoms with Gasteiger partial charge < -0.3 is 10.2 Å². The molecule has 0 saturated carbocycles. The molecule has 29 heavy (non-hydrogen) atoms. The van der Waals surface area contributed by atoms with E-state index in [9.17, 15) is 0 Å². The highest BCUT2D eigenvalue weighted by molar-refractivity contribution is 5.91. The standard InChI is InChI=1S/C25H26N4/c1-18(20-14-9-11-19-10-3-4-12-21(19)20)26-24-22-13-5-6-15-23(22)27-25(28-24)29-16-7-2-8-17-29/h3-6,9-15,18H,2,7-8,16-17H2,1H3,(H,26,27,28)/t18-/m1/s1. The zero-order valence-electron chi connectivity index (χ0n) is 16.8. The summed E-state index contributed by atoms with van der Waals surface area (Å²) in [6.07, 6.45) is 3.73. The van der Waals surface area contributed by atoms with Crippen LogP contribution in [0.5, 0.6) is 0 Å². The van der Waals surface area contributed by atoms with Gasteiger partial charge in [0.1, 0.15) is 5.82 Å². The van der Waals surface area contributed by atoms with E-state index in [2.05, 4.69) is 77.8 Å². The normalized spacial score (nSPS) is 15.6. The molecule has 0 amide bonds. The number of hydrogen-bond donors (Lipinski definition) is 1. The fourth-order valence-electron chi connectivity index (χ4n) is 4.32. The van der Waals surface area contributed by atoms with Crippen molar-refractivity contribution in [1.82, 2.24) is 9.97 Å². The molecule has 5 rings (SSSR count). The van der Waals surface area contributed by atoms with Gasteiger partial charge in [0.25, 0.3) is 0 Å². The minimum Gasteiger partial charge on any atom is -0.363 e. The summed E-state index contributed by atoms with van der Waals surface area (Å²) in [5.41, 5.74) is 2.28. The summed E-state index contributed by atoms with van der Waals surface area (Å²) in [6.45, 7) is 4.28. The predicted octanol–water partition coefficient (Wildman–Crippen LogP) is 5.95. The molecule has 4 heteroatoms. The summed E-state index contributed by atoms with van der Waals surface area (Å²) in [7, 11) is 0. The topological polar surface area (TPSA) is 41.1 Å². The maximum Gasteiger partial charge on any atom is 0.227 e. The van der Waals surface area contributed by atoms with E-state index in [1.807, 2.05) is 6.07 Å². The van der Waals surface area contributed by atoms with Crippen molar-refractivity contribution in [3.63, 3.8) is 0 Å². The van der Waals surface area contributed by atoms with Crippen LogP contribution in [0.4, 0.5) is 11.8 Å². The van der Waals surface area contributed by atoms with Crippen molar-refractivity contribution in [1.29, 1.82) is 0 Å². The van der Waals surface area contributed by atoms with Crippen LogP contribution in [0.3, 0.4) is 0 Å². The lowest BCUT2D eigenvalue weighted by Crippen LogP contribution is -2.31. The number of nitrogens with zero attached hydrogens (tertiary/aromatic N) is 3. The Hall–Kier alpha value is -3.14. The Morgan fingerprint density at radius 1 is 0.793 bits per heavy atom. The van der Waals surface area contributed by atoms with Gasteiger partial charge in [-0.15, -0.1) is 0 Å². The molecular formula is C25H26N4. The lowest BCUT2D eigenvalue weighted by atomic mass is 9.99. The molecule has 0 unspecified atom stereocenters. The van der Waals surface area contributed by atoms with E-state index in [4.69, 9.17) is 9.97 Å². The highest BCUT2D eigenvalue weighted by atomic mass is 15.3. The van der Waals surface area contributed by atoms with Crippen LogP contribution in [0.25, 0.3) is 21.7 Å². The Morgan fingerprint density at radius 2 is 1.52 bits per heavy atom. The first-order valence-electron chi connectivity index (χ1n) is 10.6. The predicted molar refractivity (Wildman–Crippen MR) is 122 cm³/mol. The molecule has 1 saturated heterocycles. The van der Waals surface area contributed by atoms with Crippen molar-refractivity contribution >= 4 is 33.4 Å². The Balaban J connectivity index is 1.55. The Labute approximate surface area is 171 Å². The van der Waals surface area contributed by atoms with Gasteiger partial charge in [-0.05, 0) is 54.7 Å². The van der Waals surface area contributed by atoms with Crippen molar-refractivity contribution in [3.8, 4) is 0 Å². The van der Waals surface area contributed by atoms with E-state index < -0.39 is 0 Å². The molecule has 1 aromatic heterocycles. The summed E-state index contributed by atoms with van der Waals surface area (Å²) in [5.74, 6) is 1.76. The molecule has 146 valence electrons. The quantitative estimate of drug-likeness (QED) is 0.474. The van der Waals surface area contributed by atoms with Gasteiger partial charge in [0.2, 0.25) is 5.95 Å². The van der Waals surface area contributed by atoms with Gasteiger partial charge in [-0.1, -0.05) is 54.6 Å². The second kappa shape index (κ2) is 7.70. The van der Waals surface area contributed by atoms with E-state index in [0.29, 0.717) is 0 Å². The van der Waals surface area contributed by atoms with Gasteiger partial charge in [-0.3, -0.25) is 0 Å². The van der Waals surface area contributed by atoms with Crippen LogP contribution < -0.4 is 10.2 Å². The first kappa shape index (κ1) is 17.9. The van der Waals surface area contributed by atoms with Gasteiger partial charge in [-0.25, -0.2) is 4.98 Å². The number of piperidine rings is 1. The zero-order valence-corrected chi connectivity index (χ0v) is 16.8. The number of aromatic nitrogens is 2. The molecule has 3 aromatic carbocycles. The molecule has 0 aliphatic carbocycles. The van der Waals surface area contributed by atoms with Crippen molar-refractivity contribution < 1.29 is 0 Å². The lowest BCUT2D eigenvalue weighted by molar-refractivity contribution is 0.569. The van der Waals surface area contributed by atoms with Crippen molar-refractivity contribution in [2.75, 3.05) is 23.3 Å². The van der Waals surface area contributed by atoms with Crippen LogP contribution in [0.15, 0.2) is 66.7 Å². The molecule has 2 heterocycles. The second-order valence-electron chi connectivity index (χ2n) is 7.87. The molecular weight excluding hydrogens is 356 g/mol. The molecule has 0 spiro atoms. The SMILES string of the molecule is C[C@@H](Nc1nc(N2CCCCC2)nc2ccccc12)c1cccc2ccccc12. The summed E-state index contributed by atoms with van der Waals surface area (Å²) in [5, 5.41) is 7.31. The third kappa shape index (κ3) is 3.51. The Kier molecular flexibility index (Phi) is 4.76. The number of rotatable bonds is 4. The van der Waals surface area contributed by atoms with Crippen LogP contribution in [0.2, 0.25) is 0 Å². The van der Waals surface area contributed by atoms with Gasteiger partial charge in [-0.2, -0.15) is 4.98 Å². The van der Waals surface area contributed by atoms with Gasteiger partial charge in [0.05, 0.1) is 11.6 Å². The molecule has 1 N–H and O–H groups in total. The van der Waals surface area contributed by atoms with Crippen molar-refractivity contribution in [2.24, 2.45) is 0 Å². The maximum absolute atomic E-state index is 4.97. The van der Waals surface area contributed by atoms with Gasteiger partial charge in [0, 0.05) is 18.5 Å². The summed E-state index contributed by atoms with van der Waals surface area (Å²) in [4.78, 5) is 12.2. The average molecular weight is 383 g/mol. The number of benzene rings is 3. The minimum atomic E-state index is 0.133. The van der Waals surface area contributed by atoms with Gasteiger partial charge in [0.15, 0.2) is 0 Å². The van der Waals surface area contributed by atoms with Crippen LogP contribution in [-0.2, 0) is 0 Å². The third-order valence-electron chi connectivity index (χ3n) is 5.87. The summed E-state index contributed by atoms with van der Waals surface area (Å²) < 4.78 is 0. The first-order chi connectivity index (χ1) is 14.3. The summed E-state index contributed by atoms with van der Waals surface area (Å²) >= 11 is 0. The fourth-order valence-corrected chi connectivity index (χ4v) is 4.32. The summed E-state index contributed by atoms with van der Waals surface area (Å²) in [6, 6.07) is 23.5.